The third-order valence-electron chi connectivity index (χ3n) is 3.76. The smallest absolute Gasteiger partial charge is 0.261 e. The van der Waals surface area contributed by atoms with E-state index in [2.05, 4.69) is 10.0 Å². The molecule has 0 bridgehead atoms. The van der Waals surface area contributed by atoms with Crippen LogP contribution in [0, 0.1) is 11.3 Å². The van der Waals surface area contributed by atoms with Gasteiger partial charge in [-0.05, 0) is 60.7 Å². The topological polar surface area (TPSA) is 99.1 Å². The standard InChI is InChI=1S/C20H14ClN3O3S/c21-16-4-2-6-19(12-16)28(26,27)24-18-5-1-3-15(11-18)20(25)23-17-9-7-14(13-22)8-10-17/h1-12,24H,(H,23,25). The minimum atomic E-state index is -3.84. The van der Waals surface area contributed by atoms with Gasteiger partial charge in [0.15, 0.2) is 0 Å². The van der Waals surface area contributed by atoms with Crippen LogP contribution in [0.4, 0.5) is 11.4 Å². The molecular formula is C20H14ClN3O3S. The first-order valence-corrected chi connectivity index (χ1v) is 9.93. The lowest BCUT2D eigenvalue weighted by atomic mass is 10.1. The highest BCUT2D eigenvalue weighted by Gasteiger charge is 2.15. The van der Waals surface area contributed by atoms with E-state index in [1.54, 1.807) is 54.6 Å². The lowest BCUT2D eigenvalue weighted by molar-refractivity contribution is 0.102. The van der Waals surface area contributed by atoms with E-state index in [9.17, 15) is 13.2 Å². The maximum Gasteiger partial charge on any atom is 0.261 e. The fourth-order valence-corrected chi connectivity index (χ4v) is 3.75. The number of hydrogen-bond donors (Lipinski definition) is 2. The number of benzene rings is 3. The zero-order valence-electron chi connectivity index (χ0n) is 14.4. The van der Waals surface area contributed by atoms with Crippen LogP contribution in [0.2, 0.25) is 5.02 Å². The van der Waals surface area contributed by atoms with E-state index in [4.69, 9.17) is 16.9 Å². The zero-order chi connectivity index (χ0) is 20.1. The number of nitriles is 1. The fraction of sp³-hybridized carbons (Fsp3) is 0. The number of sulfonamides is 1. The molecule has 0 spiro atoms. The Labute approximate surface area is 167 Å². The molecule has 0 aliphatic heterocycles. The maximum absolute atomic E-state index is 12.5. The second-order valence-electron chi connectivity index (χ2n) is 5.79. The molecule has 0 aromatic heterocycles. The lowest BCUT2D eigenvalue weighted by Crippen LogP contribution is -2.15. The number of carbonyl (C=O) groups is 1. The summed E-state index contributed by atoms with van der Waals surface area (Å²) >= 11 is 5.85. The second kappa shape index (κ2) is 8.13. The monoisotopic (exact) mass is 411 g/mol. The Bertz CT molecular complexity index is 1170. The Morgan fingerprint density at radius 2 is 1.64 bits per heavy atom. The van der Waals surface area contributed by atoms with Crippen molar-refractivity contribution in [2.24, 2.45) is 0 Å². The Hall–Kier alpha value is -3.34. The first kappa shape index (κ1) is 19.4. The molecule has 0 saturated carbocycles. The van der Waals surface area contributed by atoms with E-state index >= 15 is 0 Å². The van der Waals surface area contributed by atoms with Crippen LogP contribution in [0.3, 0.4) is 0 Å². The largest absolute Gasteiger partial charge is 0.322 e. The van der Waals surface area contributed by atoms with Gasteiger partial charge in [-0.25, -0.2) is 8.42 Å². The first-order chi connectivity index (χ1) is 13.4. The molecular weight excluding hydrogens is 398 g/mol. The molecule has 0 aliphatic rings. The third kappa shape index (κ3) is 4.68. The minimum Gasteiger partial charge on any atom is -0.322 e. The molecule has 3 aromatic rings. The number of hydrogen-bond acceptors (Lipinski definition) is 4. The highest BCUT2D eigenvalue weighted by atomic mass is 35.5. The molecule has 3 aromatic carbocycles. The minimum absolute atomic E-state index is 0.0208. The predicted octanol–water partition coefficient (Wildman–Crippen LogP) is 4.26. The van der Waals surface area contributed by atoms with Crippen molar-refractivity contribution in [2.75, 3.05) is 10.0 Å². The van der Waals surface area contributed by atoms with Crippen LogP contribution in [-0.2, 0) is 10.0 Å². The summed E-state index contributed by atoms with van der Waals surface area (Å²) in [5, 5.41) is 11.8. The summed E-state index contributed by atoms with van der Waals surface area (Å²) in [6.45, 7) is 0. The summed E-state index contributed by atoms with van der Waals surface area (Å²) in [6.07, 6.45) is 0. The highest BCUT2D eigenvalue weighted by molar-refractivity contribution is 7.92. The molecule has 0 aliphatic carbocycles. The molecule has 0 unspecified atom stereocenters. The van der Waals surface area contributed by atoms with E-state index in [1.165, 1.54) is 18.2 Å². The average molecular weight is 412 g/mol. The van der Waals surface area contributed by atoms with Crippen molar-refractivity contribution in [3.63, 3.8) is 0 Å². The van der Waals surface area contributed by atoms with E-state index in [0.29, 0.717) is 16.3 Å². The van der Waals surface area contributed by atoms with E-state index in [1.807, 2.05) is 6.07 Å². The van der Waals surface area contributed by atoms with Crippen LogP contribution in [0.25, 0.3) is 0 Å². The van der Waals surface area contributed by atoms with Crippen molar-refractivity contribution in [1.29, 1.82) is 5.26 Å². The van der Waals surface area contributed by atoms with Gasteiger partial charge in [-0.15, -0.1) is 0 Å². The van der Waals surface area contributed by atoms with Gasteiger partial charge in [-0.2, -0.15) is 5.26 Å². The number of nitrogens with zero attached hydrogens (tertiary/aromatic N) is 1. The van der Waals surface area contributed by atoms with E-state index in [0.717, 1.165) is 0 Å². The molecule has 0 saturated heterocycles. The molecule has 0 atom stereocenters. The van der Waals surface area contributed by atoms with Gasteiger partial charge in [0, 0.05) is 22.0 Å². The molecule has 1 amide bonds. The van der Waals surface area contributed by atoms with Crippen molar-refractivity contribution in [2.45, 2.75) is 4.90 Å². The van der Waals surface area contributed by atoms with Gasteiger partial charge in [0.05, 0.1) is 16.5 Å². The zero-order valence-corrected chi connectivity index (χ0v) is 16.0. The molecule has 3 rings (SSSR count). The SMILES string of the molecule is N#Cc1ccc(NC(=O)c2cccc(NS(=O)(=O)c3cccc(Cl)c3)c2)cc1. The first-order valence-electron chi connectivity index (χ1n) is 8.07. The summed E-state index contributed by atoms with van der Waals surface area (Å²) in [6, 6.07) is 20.4. The molecule has 0 radical (unpaired) electrons. The normalized spacial score (nSPS) is 10.7. The lowest BCUT2D eigenvalue weighted by Gasteiger charge is -2.10. The highest BCUT2D eigenvalue weighted by Crippen LogP contribution is 2.20. The Kier molecular flexibility index (Phi) is 5.64. The summed E-state index contributed by atoms with van der Waals surface area (Å²) in [7, 11) is -3.84. The maximum atomic E-state index is 12.5. The number of amides is 1. The Morgan fingerprint density at radius 3 is 2.32 bits per heavy atom. The Morgan fingerprint density at radius 1 is 0.929 bits per heavy atom. The molecule has 28 heavy (non-hydrogen) atoms. The van der Waals surface area contributed by atoms with Gasteiger partial charge in [-0.3, -0.25) is 9.52 Å². The van der Waals surface area contributed by atoms with E-state index in [-0.39, 0.29) is 16.1 Å². The van der Waals surface area contributed by atoms with Crippen molar-refractivity contribution < 1.29 is 13.2 Å². The summed E-state index contributed by atoms with van der Waals surface area (Å²) in [4.78, 5) is 12.5. The van der Waals surface area contributed by atoms with Gasteiger partial charge >= 0.3 is 0 Å². The summed E-state index contributed by atoms with van der Waals surface area (Å²) in [5.74, 6) is -0.409. The van der Waals surface area contributed by atoms with E-state index < -0.39 is 15.9 Å². The number of nitrogens with one attached hydrogen (secondary N) is 2. The van der Waals surface area contributed by atoms with Crippen LogP contribution >= 0.6 is 11.6 Å². The van der Waals surface area contributed by atoms with Gasteiger partial charge in [0.1, 0.15) is 0 Å². The Balaban J connectivity index is 1.78. The second-order valence-corrected chi connectivity index (χ2v) is 7.91. The van der Waals surface area contributed by atoms with Gasteiger partial charge in [-0.1, -0.05) is 23.7 Å². The fourth-order valence-electron chi connectivity index (χ4n) is 2.40. The quantitative estimate of drug-likeness (QED) is 0.655. The van der Waals surface area contributed by atoms with Crippen LogP contribution in [0.15, 0.2) is 77.7 Å². The van der Waals surface area contributed by atoms with Crippen LogP contribution in [0.1, 0.15) is 15.9 Å². The molecule has 0 fully saturated rings. The number of rotatable bonds is 5. The summed E-state index contributed by atoms with van der Waals surface area (Å²) in [5.41, 5.74) is 1.52. The molecule has 0 heterocycles. The summed E-state index contributed by atoms with van der Waals surface area (Å²) < 4.78 is 27.4. The molecule has 6 nitrogen and oxygen atoms in total. The number of carbonyl (C=O) groups excluding carboxylic acids is 1. The number of anilines is 2. The predicted molar refractivity (Wildman–Crippen MR) is 108 cm³/mol. The number of halogens is 1. The van der Waals surface area contributed by atoms with Gasteiger partial charge in [0.2, 0.25) is 0 Å². The van der Waals surface area contributed by atoms with Gasteiger partial charge < -0.3 is 5.32 Å². The van der Waals surface area contributed by atoms with Crippen LogP contribution in [0.5, 0.6) is 0 Å². The molecule has 140 valence electrons. The van der Waals surface area contributed by atoms with Crippen LogP contribution < -0.4 is 10.0 Å². The van der Waals surface area contributed by atoms with Gasteiger partial charge in [0.25, 0.3) is 15.9 Å². The van der Waals surface area contributed by atoms with Crippen molar-refractivity contribution >= 4 is 38.9 Å². The molecule has 8 heteroatoms. The van der Waals surface area contributed by atoms with Crippen LogP contribution in [-0.4, -0.2) is 14.3 Å². The average Bonchev–Trinajstić information content (AvgIpc) is 2.68. The van der Waals surface area contributed by atoms with Crippen molar-refractivity contribution in [3.8, 4) is 6.07 Å². The van der Waals surface area contributed by atoms with Crippen molar-refractivity contribution in [3.05, 3.63) is 88.9 Å². The third-order valence-corrected chi connectivity index (χ3v) is 5.37. The van der Waals surface area contributed by atoms with Crippen molar-refractivity contribution in [1.82, 2.24) is 0 Å². The molecule has 2 N–H and O–H groups in total.